The molecular weight excluding hydrogens is 462 g/mol. The van der Waals surface area contributed by atoms with Crippen molar-refractivity contribution in [3.63, 3.8) is 0 Å². The van der Waals surface area contributed by atoms with Crippen LogP contribution >= 0.6 is 11.3 Å². The fraction of sp³-hybridized carbons (Fsp3) is 0.462. The van der Waals surface area contributed by atoms with E-state index in [2.05, 4.69) is 20.2 Å². The Kier molecular flexibility index (Phi) is 5.99. The number of anilines is 1. The van der Waals surface area contributed by atoms with Crippen molar-refractivity contribution >= 4 is 22.4 Å². The second-order valence-electron chi connectivity index (χ2n) is 9.90. The standard InChI is InChI=1S/C26H29N5O3S/c32-15-20-19-14-30-21(6-5-18(25(30)34)17-7-9-27-10-8-17)22(19)31(13-16-3-1-2-4-16)23(20)24(33)29-26-28-11-12-35-26/h5-12,16,19-20,22-23,32H,1-4,13-15H2,(H,28,29,33)/t19-,20-,22+,23-/m1/s1. The Labute approximate surface area is 207 Å². The van der Waals surface area contributed by atoms with Crippen LogP contribution in [0.5, 0.6) is 0 Å². The highest BCUT2D eigenvalue weighted by molar-refractivity contribution is 7.13. The van der Waals surface area contributed by atoms with Gasteiger partial charge in [0, 0.05) is 66.8 Å². The summed E-state index contributed by atoms with van der Waals surface area (Å²) in [6, 6.07) is 7.11. The van der Waals surface area contributed by atoms with E-state index in [0.29, 0.717) is 23.2 Å². The van der Waals surface area contributed by atoms with Gasteiger partial charge in [-0.1, -0.05) is 12.8 Å². The normalized spacial score (nSPS) is 26.1. The third kappa shape index (κ3) is 3.91. The number of amides is 1. The van der Waals surface area contributed by atoms with E-state index in [1.807, 2.05) is 34.2 Å². The molecule has 182 valence electrons. The van der Waals surface area contributed by atoms with E-state index in [0.717, 1.165) is 30.6 Å². The van der Waals surface area contributed by atoms with Crippen LogP contribution in [0.4, 0.5) is 5.13 Å². The Hall–Kier alpha value is -2.88. The summed E-state index contributed by atoms with van der Waals surface area (Å²) in [6.07, 6.45) is 9.82. The summed E-state index contributed by atoms with van der Waals surface area (Å²) in [5, 5.41) is 15.9. The van der Waals surface area contributed by atoms with Crippen molar-refractivity contribution in [3.8, 4) is 11.1 Å². The molecule has 3 aromatic rings. The second-order valence-corrected chi connectivity index (χ2v) is 10.8. The third-order valence-corrected chi connectivity index (χ3v) is 8.75. The monoisotopic (exact) mass is 491 g/mol. The van der Waals surface area contributed by atoms with Gasteiger partial charge in [0.25, 0.3) is 5.56 Å². The van der Waals surface area contributed by atoms with Gasteiger partial charge in [-0.2, -0.15) is 0 Å². The maximum absolute atomic E-state index is 13.5. The first-order valence-electron chi connectivity index (χ1n) is 12.4. The predicted molar refractivity (Wildman–Crippen MR) is 134 cm³/mol. The lowest BCUT2D eigenvalue weighted by Gasteiger charge is -2.32. The number of hydrogen-bond donors (Lipinski definition) is 2. The van der Waals surface area contributed by atoms with E-state index in [-0.39, 0.29) is 36.0 Å². The van der Waals surface area contributed by atoms with Crippen molar-refractivity contribution in [3.05, 3.63) is 64.3 Å². The molecule has 0 spiro atoms. The van der Waals surface area contributed by atoms with Crippen LogP contribution in [0.1, 0.15) is 37.4 Å². The molecule has 0 bridgehead atoms. The number of nitrogens with zero attached hydrogens (tertiary/aromatic N) is 4. The minimum Gasteiger partial charge on any atom is -0.396 e. The number of aromatic nitrogens is 3. The van der Waals surface area contributed by atoms with Crippen molar-refractivity contribution in [1.29, 1.82) is 0 Å². The highest BCUT2D eigenvalue weighted by Crippen LogP contribution is 2.50. The molecule has 3 aliphatic rings. The van der Waals surface area contributed by atoms with Crippen LogP contribution in [0.3, 0.4) is 0 Å². The van der Waals surface area contributed by atoms with Crippen LogP contribution in [0, 0.1) is 17.8 Å². The molecule has 9 heteroatoms. The van der Waals surface area contributed by atoms with Crippen molar-refractivity contribution in [2.45, 2.75) is 44.3 Å². The predicted octanol–water partition coefficient (Wildman–Crippen LogP) is 3.16. The van der Waals surface area contributed by atoms with E-state index >= 15 is 0 Å². The van der Waals surface area contributed by atoms with E-state index in [1.54, 1.807) is 18.6 Å². The second kappa shape index (κ2) is 9.29. The van der Waals surface area contributed by atoms with Crippen LogP contribution in [0.2, 0.25) is 0 Å². The molecule has 1 amide bonds. The van der Waals surface area contributed by atoms with E-state index in [4.69, 9.17) is 0 Å². The minimum atomic E-state index is -0.455. The summed E-state index contributed by atoms with van der Waals surface area (Å²) in [5.74, 6) is 0.146. The number of rotatable bonds is 6. The lowest BCUT2D eigenvalue weighted by molar-refractivity contribution is -0.122. The van der Waals surface area contributed by atoms with Crippen LogP contribution in [0.25, 0.3) is 11.1 Å². The molecule has 6 rings (SSSR count). The molecule has 2 N–H and O–H groups in total. The Morgan fingerprint density at radius 2 is 1.94 bits per heavy atom. The van der Waals surface area contributed by atoms with Crippen molar-refractivity contribution in [2.75, 3.05) is 18.5 Å². The quantitative estimate of drug-likeness (QED) is 0.550. The number of nitrogens with one attached hydrogen (secondary N) is 1. The smallest absolute Gasteiger partial charge is 0.258 e. The summed E-state index contributed by atoms with van der Waals surface area (Å²) in [6.45, 7) is 1.21. The number of aliphatic hydroxyl groups excluding tert-OH is 1. The van der Waals surface area contributed by atoms with Gasteiger partial charge in [-0.15, -0.1) is 11.3 Å². The molecule has 5 heterocycles. The molecule has 4 atom stereocenters. The summed E-state index contributed by atoms with van der Waals surface area (Å²) < 4.78 is 1.87. The van der Waals surface area contributed by atoms with Crippen LogP contribution in [-0.2, 0) is 11.3 Å². The number of hydrogen-bond acceptors (Lipinski definition) is 7. The Morgan fingerprint density at radius 3 is 2.66 bits per heavy atom. The fourth-order valence-corrected chi connectivity index (χ4v) is 7.05. The third-order valence-electron chi connectivity index (χ3n) is 8.06. The highest BCUT2D eigenvalue weighted by atomic mass is 32.1. The molecule has 1 saturated carbocycles. The largest absolute Gasteiger partial charge is 0.396 e. The molecule has 0 unspecified atom stereocenters. The Bertz CT molecular complexity index is 1260. The molecule has 35 heavy (non-hydrogen) atoms. The molecule has 2 fully saturated rings. The number of likely N-dealkylation sites (tertiary alicyclic amines) is 1. The van der Waals surface area contributed by atoms with Crippen LogP contribution < -0.4 is 10.9 Å². The van der Waals surface area contributed by atoms with Gasteiger partial charge >= 0.3 is 0 Å². The van der Waals surface area contributed by atoms with Gasteiger partial charge in [-0.3, -0.25) is 19.5 Å². The molecule has 0 aromatic carbocycles. The Morgan fingerprint density at radius 1 is 1.14 bits per heavy atom. The zero-order chi connectivity index (χ0) is 23.9. The molecule has 3 aromatic heterocycles. The summed E-state index contributed by atoms with van der Waals surface area (Å²) in [7, 11) is 0. The topological polar surface area (TPSA) is 100 Å². The van der Waals surface area contributed by atoms with Gasteiger partial charge in [0.1, 0.15) is 0 Å². The van der Waals surface area contributed by atoms with E-state index < -0.39 is 6.04 Å². The average molecular weight is 492 g/mol. The fourth-order valence-electron chi connectivity index (χ4n) is 6.52. The molecule has 1 aliphatic carbocycles. The van der Waals surface area contributed by atoms with E-state index in [9.17, 15) is 14.7 Å². The first-order valence-corrected chi connectivity index (χ1v) is 13.2. The summed E-state index contributed by atoms with van der Waals surface area (Å²) in [5.41, 5.74) is 2.42. The van der Waals surface area contributed by atoms with Gasteiger partial charge in [0.2, 0.25) is 5.91 Å². The molecule has 1 saturated heterocycles. The zero-order valence-electron chi connectivity index (χ0n) is 19.4. The van der Waals surface area contributed by atoms with Crippen molar-refractivity contribution in [1.82, 2.24) is 19.4 Å². The summed E-state index contributed by atoms with van der Waals surface area (Å²) >= 11 is 1.39. The van der Waals surface area contributed by atoms with Crippen LogP contribution in [0.15, 0.2) is 53.0 Å². The van der Waals surface area contributed by atoms with Crippen molar-refractivity contribution < 1.29 is 9.90 Å². The number of fused-ring (bicyclic) bond motifs is 3. The van der Waals surface area contributed by atoms with Gasteiger partial charge in [-0.05, 0) is 48.6 Å². The molecule has 0 radical (unpaired) electrons. The lowest BCUT2D eigenvalue weighted by atomic mass is 9.88. The number of carbonyl (C=O) groups is 1. The number of aliphatic hydroxyl groups is 1. The van der Waals surface area contributed by atoms with Gasteiger partial charge in [0.05, 0.1) is 12.1 Å². The van der Waals surface area contributed by atoms with Gasteiger partial charge < -0.3 is 15.0 Å². The molecule has 8 nitrogen and oxygen atoms in total. The number of carbonyl (C=O) groups excluding carboxylic acids is 1. The first kappa shape index (κ1) is 22.6. The molecular formula is C26H29N5O3S. The maximum Gasteiger partial charge on any atom is 0.258 e. The Balaban J connectivity index is 1.39. The zero-order valence-corrected chi connectivity index (χ0v) is 20.2. The van der Waals surface area contributed by atoms with Gasteiger partial charge in [-0.25, -0.2) is 4.98 Å². The number of pyridine rings is 2. The van der Waals surface area contributed by atoms with Crippen LogP contribution in [-0.4, -0.2) is 49.6 Å². The molecule has 2 aliphatic heterocycles. The highest BCUT2D eigenvalue weighted by Gasteiger charge is 2.56. The average Bonchev–Trinajstić information content (AvgIpc) is 3.66. The maximum atomic E-state index is 13.5. The lowest BCUT2D eigenvalue weighted by Crippen LogP contribution is -2.47. The first-order chi connectivity index (χ1) is 17.2. The van der Waals surface area contributed by atoms with Crippen molar-refractivity contribution in [2.24, 2.45) is 17.8 Å². The van der Waals surface area contributed by atoms with Gasteiger partial charge in [0.15, 0.2) is 5.13 Å². The summed E-state index contributed by atoms with van der Waals surface area (Å²) in [4.78, 5) is 37.7. The number of thiazole rings is 1. The minimum absolute atomic E-state index is 0.00571. The van der Waals surface area contributed by atoms with E-state index in [1.165, 1.54) is 24.2 Å². The SMILES string of the molecule is O=C(Nc1nccs1)[C@H]1[C@H](CO)[C@H]2Cn3c(ccc(-c4ccncc4)c3=O)[C@H]2N1CC1CCCC1.